The third kappa shape index (κ3) is 2.18. The van der Waals surface area contributed by atoms with Crippen LogP contribution >= 0.6 is 0 Å². The fraction of sp³-hybridized carbons (Fsp3) is 0. The van der Waals surface area contributed by atoms with Crippen molar-refractivity contribution in [2.75, 3.05) is 5.32 Å². The highest BCUT2D eigenvalue weighted by atomic mass is 16.4. The summed E-state index contributed by atoms with van der Waals surface area (Å²) in [6, 6.07) is 9.81. The predicted octanol–water partition coefficient (Wildman–Crippen LogP) is 0.961. The first-order valence-electron chi connectivity index (χ1n) is 5.38. The van der Waals surface area contributed by atoms with Gasteiger partial charge >= 0.3 is 5.97 Å². The van der Waals surface area contributed by atoms with Crippen LogP contribution in [0.3, 0.4) is 0 Å². The van der Waals surface area contributed by atoms with E-state index in [1.54, 1.807) is 24.3 Å². The topological polar surface area (TPSA) is 105 Å². The number of benzene rings is 1. The summed E-state index contributed by atoms with van der Waals surface area (Å²) >= 11 is 0. The van der Waals surface area contributed by atoms with Gasteiger partial charge in [0.15, 0.2) is 11.5 Å². The predicted molar refractivity (Wildman–Crippen MR) is 65.3 cm³/mol. The number of nitrogens with zero attached hydrogens (tertiary/aromatic N) is 5. The largest absolute Gasteiger partial charge is 0.478 e. The van der Waals surface area contributed by atoms with Crippen molar-refractivity contribution in [1.82, 2.24) is 25.3 Å². The Morgan fingerprint density at radius 3 is 2.68 bits per heavy atom. The van der Waals surface area contributed by atoms with Gasteiger partial charge in [-0.05, 0) is 46.8 Å². The molecule has 0 saturated carbocycles. The lowest BCUT2D eigenvalue weighted by molar-refractivity contribution is 0.0697. The second-order valence-electron chi connectivity index (χ2n) is 3.75. The number of fused-ring (bicyclic) bond motifs is 1. The SMILES string of the molecule is O=C(O)c1ccc(Nc2ccc3nnnn3n2)cc1. The number of hydrogen-bond acceptors (Lipinski definition) is 6. The first-order valence-corrected chi connectivity index (χ1v) is 5.38. The van der Waals surface area contributed by atoms with Gasteiger partial charge in [-0.3, -0.25) is 0 Å². The molecule has 8 nitrogen and oxygen atoms in total. The molecule has 0 radical (unpaired) electrons. The Morgan fingerprint density at radius 2 is 1.95 bits per heavy atom. The van der Waals surface area contributed by atoms with Crippen molar-refractivity contribution in [2.45, 2.75) is 0 Å². The molecular weight excluding hydrogens is 248 g/mol. The minimum Gasteiger partial charge on any atom is -0.478 e. The average Bonchev–Trinajstić information content (AvgIpc) is 2.87. The molecular formula is C11H8N6O2. The molecule has 0 bridgehead atoms. The molecule has 2 heterocycles. The number of hydrogen-bond donors (Lipinski definition) is 2. The van der Waals surface area contributed by atoms with E-state index in [1.165, 1.54) is 16.8 Å². The van der Waals surface area contributed by atoms with Crippen molar-refractivity contribution in [3.8, 4) is 0 Å². The van der Waals surface area contributed by atoms with Gasteiger partial charge in [-0.1, -0.05) is 0 Å². The van der Waals surface area contributed by atoms with Crippen LogP contribution in [-0.2, 0) is 0 Å². The molecule has 0 spiro atoms. The number of tetrazole rings is 1. The first-order chi connectivity index (χ1) is 9.22. The lowest BCUT2D eigenvalue weighted by Gasteiger charge is -2.05. The summed E-state index contributed by atoms with van der Waals surface area (Å²) in [6.07, 6.45) is 0. The molecule has 8 heteroatoms. The first kappa shape index (κ1) is 11.1. The van der Waals surface area contributed by atoms with E-state index >= 15 is 0 Å². The van der Waals surface area contributed by atoms with Gasteiger partial charge in [0.1, 0.15) is 0 Å². The number of carboxylic acid groups (broad SMARTS) is 1. The van der Waals surface area contributed by atoms with Crippen molar-refractivity contribution in [3.05, 3.63) is 42.0 Å². The van der Waals surface area contributed by atoms with Crippen LogP contribution in [0.4, 0.5) is 11.5 Å². The summed E-state index contributed by atoms with van der Waals surface area (Å²) in [5, 5.41) is 26.9. The number of nitrogens with one attached hydrogen (secondary N) is 1. The second kappa shape index (κ2) is 4.33. The van der Waals surface area contributed by atoms with Gasteiger partial charge in [-0.25, -0.2) is 4.79 Å². The van der Waals surface area contributed by atoms with Crippen molar-refractivity contribution in [3.63, 3.8) is 0 Å². The van der Waals surface area contributed by atoms with Gasteiger partial charge in [0.05, 0.1) is 5.56 Å². The van der Waals surface area contributed by atoms with Gasteiger partial charge in [-0.15, -0.1) is 14.8 Å². The Bertz CT molecular complexity index is 736. The monoisotopic (exact) mass is 256 g/mol. The van der Waals surface area contributed by atoms with E-state index in [1.807, 2.05) is 0 Å². The number of rotatable bonds is 3. The van der Waals surface area contributed by atoms with Crippen LogP contribution in [0.25, 0.3) is 5.65 Å². The third-order valence-corrected chi connectivity index (χ3v) is 2.47. The van der Waals surface area contributed by atoms with Crippen LogP contribution in [0.1, 0.15) is 10.4 Å². The summed E-state index contributed by atoms with van der Waals surface area (Å²) in [4.78, 5) is 10.7. The van der Waals surface area contributed by atoms with Crippen LogP contribution in [-0.4, -0.2) is 36.3 Å². The molecule has 0 saturated heterocycles. The molecule has 0 amide bonds. The Morgan fingerprint density at radius 1 is 1.16 bits per heavy atom. The lowest BCUT2D eigenvalue weighted by Crippen LogP contribution is -2.01. The fourth-order valence-corrected chi connectivity index (χ4v) is 1.56. The minimum absolute atomic E-state index is 0.231. The van der Waals surface area contributed by atoms with Crippen LogP contribution < -0.4 is 5.32 Å². The molecule has 3 aromatic rings. The summed E-state index contributed by atoms with van der Waals surface area (Å²) < 4.78 is 1.30. The van der Waals surface area contributed by atoms with Gasteiger partial charge in [-0.2, -0.15) is 0 Å². The van der Waals surface area contributed by atoms with Gasteiger partial charge in [0.2, 0.25) is 0 Å². The lowest BCUT2D eigenvalue weighted by atomic mass is 10.2. The number of aromatic nitrogens is 5. The number of carbonyl (C=O) groups is 1. The minimum atomic E-state index is -0.959. The van der Waals surface area contributed by atoms with Crippen LogP contribution in [0.2, 0.25) is 0 Å². The second-order valence-corrected chi connectivity index (χ2v) is 3.75. The average molecular weight is 256 g/mol. The van der Waals surface area contributed by atoms with Crippen LogP contribution in [0, 0.1) is 0 Å². The van der Waals surface area contributed by atoms with Crippen LogP contribution in [0.5, 0.6) is 0 Å². The molecule has 0 unspecified atom stereocenters. The van der Waals surface area contributed by atoms with E-state index in [0.717, 1.165) is 5.69 Å². The van der Waals surface area contributed by atoms with Gasteiger partial charge in [0, 0.05) is 5.69 Å². The molecule has 0 atom stereocenters. The molecule has 2 aromatic heterocycles. The summed E-state index contributed by atoms with van der Waals surface area (Å²) in [5.74, 6) is -0.400. The number of anilines is 2. The molecule has 3 rings (SSSR count). The zero-order valence-electron chi connectivity index (χ0n) is 9.56. The number of carboxylic acids is 1. The highest BCUT2D eigenvalue weighted by Gasteiger charge is 2.03. The standard InChI is InChI=1S/C11H8N6O2/c18-11(19)7-1-3-8(4-2-7)12-9-5-6-10-13-15-16-17(10)14-9/h1-6H,(H,12,14)(H,18,19). The van der Waals surface area contributed by atoms with E-state index in [0.29, 0.717) is 11.5 Å². The van der Waals surface area contributed by atoms with Gasteiger partial charge in [0.25, 0.3) is 0 Å². The normalized spacial score (nSPS) is 10.5. The molecule has 1 aromatic carbocycles. The Balaban J connectivity index is 1.85. The molecule has 0 aliphatic carbocycles. The third-order valence-electron chi connectivity index (χ3n) is 2.47. The molecule has 2 N–H and O–H groups in total. The maximum atomic E-state index is 10.7. The summed E-state index contributed by atoms with van der Waals surface area (Å²) in [7, 11) is 0. The molecule has 94 valence electrons. The summed E-state index contributed by atoms with van der Waals surface area (Å²) in [6.45, 7) is 0. The van der Waals surface area contributed by atoms with Crippen molar-refractivity contribution in [2.24, 2.45) is 0 Å². The maximum absolute atomic E-state index is 10.7. The van der Waals surface area contributed by atoms with E-state index in [4.69, 9.17) is 5.11 Å². The zero-order valence-corrected chi connectivity index (χ0v) is 9.56. The highest BCUT2D eigenvalue weighted by molar-refractivity contribution is 5.88. The summed E-state index contributed by atoms with van der Waals surface area (Å²) in [5.41, 5.74) is 1.51. The molecule has 0 aliphatic rings. The smallest absolute Gasteiger partial charge is 0.335 e. The van der Waals surface area contributed by atoms with Gasteiger partial charge < -0.3 is 10.4 Å². The molecule has 19 heavy (non-hydrogen) atoms. The quantitative estimate of drug-likeness (QED) is 0.718. The zero-order chi connectivity index (χ0) is 13.2. The fourth-order valence-electron chi connectivity index (χ4n) is 1.56. The van der Waals surface area contributed by atoms with Crippen molar-refractivity contribution < 1.29 is 9.90 Å². The highest BCUT2D eigenvalue weighted by Crippen LogP contribution is 2.15. The van der Waals surface area contributed by atoms with E-state index < -0.39 is 5.97 Å². The van der Waals surface area contributed by atoms with Crippen LogP contribution in [0.15, 0.2) is 36.4 Å². The van der Waals surface area contributed by atoms with E-state index in [2.05, 4.69) is 25.9 Å². The van der Waals surface area contributed by atoms with E-state index in [9.17, 15) is 4.79 Å². The number of aromatic carboxylic acids is 1. The Kier molecular flexibility index (Phi) is 2.53. The Hall–Kier alpha value is -3.03. The van der Waals surface area contributed by atoms with E-state index in [-0.39, 0.29) is 5.56 Å². The van der Waals surface area contributed by atoms with Crippen molar-refractivity contribution in [1.29, 1.82) is 0 Å². The molecule has 0 fully saturated rings. The maximum Gasteiger partial charge on any atom is 0.335 e. The molecule has 0 aliphatic heterocycles. The Labute approximate surface area is 106 Å². The van der Waals surface area contributed by atoms with Crippen molar-refractivity contribution >= 4 is 23.1 Å².